The van der Waals surface area contributed by atoms with Gasteiger partial charge in [-0.15, -0.1) is 11.3 Å². The van der Waals surface area contributed by atoms with Crippen LogP contribution in [-0.2, 0) is 13.0 Å². The van der Waals surface area contributed by atoms with Crippen LogP contribution < -0.4 is 15.0 Å². The van der Waals surface area contributed by atoms with Gasteiger partial charge in [-0.25, -0.2) is 4.98 Å². The van der Waals surface area contributed by atoms with Crippen molar-refractivity contribution in [1.82, 2.24) is 9.55 Å². The van der Waals surface area contributed by atoms with Gasteiger partial charge < -0.3 is 9.47 Å². The van der Waals surface area contributed by atoms with Gasteiger partial charge in [0.2, 0.25) is 0 Å². The number of nitrogens with zero attached hydrogens (tertiary/aromatic N) is 2. The molecule has 2 aromatic carbocycles. The van der Waals surface area contributed by atoms with Crippen molar-refractivity contribution in [2.24, 2.45) is 0 Å². The molecular formula is C24H24N2O3S. The van der Waals surface area contributed by atoms with Crippen LogP contribution in [-0.4, -0.2) is 22.8 Å². The monoisotopic (exact) mass is 420 g/mol. The third-order valence-corrected chi connectivity index (χ3v) is 5.84. The highest BCUT2D eigenvalue weighted by molar-refractivity contribution is 7.17. The van der Waals surface area contributed by atoms with E-state index in [2.05, 4.69) is 17.1 Å². The van der Waals surface area contributed by atoms with Crippen LogP contribution in [0.15, 0.2) is 65.0 Å². The summed E-state index contributed by atoms with van der Waals surface area (Å²) >= 11 is 1.44. The van der Waals surface area contributed by atoms with Crippen LogP contribution in [0.2, 0.25) is 0 Å². The smallest absolute Gasteiger partial charge is 0.271 e. The molecule has 0 N–H and O–H groups in total. The lowest BCUT2D eigenvalue weighted by atomic mass is 10.1. The number of benzene rings is 2. The Bertz CT molecular complexity index is 1200. The van der Waals surface area contributed by atoms with Gasteiger partial charge >= 0.3 is 0 Å². The molecule has 0 unspecified atom stereocenters. The number of hydrogen-bond acceptors (Lipinski definition) is 5. The molecule has 0 spiro atoms. The first-order valence-electron chi connectivity index (χ1n) is 10.1. The molecule has 0 saturated heterocycles. The van der Waals surface area contributed by atoms with Gasteiger partial charge in [0.25, 0.3) is 5.56 Å². The van der Waals surface area contributed by atoms with Gasteiger partial charge in [-0.05, 0) is 43.5 Å². The van der Waals surface area contributed by atoms with Crippen molar-refractivity contribution in [2.75, 3.05) is 13.2 Å². The summed E-state index contributed by atoms with van der Waals surface area (Å²) in [5.41, 5.74) is 3.83. The van der Waals surface area contributed by atoms with Crippen molar-refractivity contribution in [1.29, 1.82) is 0 Å². The normalized spacial score (nSPS) is 11.0. The largest absolute Gasteiger partial charge is 0.490 e. The number of fused-ring (bicyclic) bond motifs is 1. The summed E-state index contributed by atoms with van der Waals surface area (Å²) in [6.45, 7) is 5.63. The minimum atomic E-state index is 0.00292. The molecule has 5 nitrogen and oxygen atoms in total. The van der Waals surface area contributed by atoms with Crippen LogP contribution in [0.3, 0.4) is 0 Å². The van der Waals surface area contributed by atoms with E-state index in [1.165, 1.54) is 16.9 Å². The van der Waals surface area contributed by atoms with Crippen LogP contribution >= 0.6 is 11.3 Å². The second-order valence-corrected chi connectivity index (χ2v) is 7.71. The van der Waals surface area contributed by atoms with E-state index in [1.807, 2.05) is 55.6 Å². The third kappa shape index (κ3) is 4.09. The number of ether oxygens (including phenoxy) is 2. The molecule has 0 amide bonds. The Morgan fingerprint density at radius 1 is 1.00 bits per heavy atom. The molecule has 0 aliphatic heterocycles. The van der Waals surface area contributed by atoms with Crippen LogP contribution in [0.5, 0.6) is 11.5 Å². The Labute approximate surface area is 179 Å². The summed E-state index contributed by atoms with van der Waals surface area (Å²) in [6, 6.07) is 16.0. The molecule has 4 rings (SSSR count). The molecule has 2 heterocycles. The predicted molar refractivity (Wildman–Crippen MR) is 122 cm³/mol. The van der Waals surface area contributed by atoms with E-state index in [0.717, 1.165) is 28.8 Å². The second kappa shape index (κ2) is 9.13. The van der Waals surface area contributed by atoms with Crippen LogP contribution in [0.1, 0.15) is 19.4 Å². The van der Waals surface area contributed by atoms with Crippen LogP contribution in [0.25, 0.3) is 21.3 Å². The minimum absolute atomic E-state index is 0.00292. The fourth-order valence-electron chi connectivity index (χ4n) is 3.42. The maximum Gasteiger partial charge on any atom is 0.271 e. The van der Waals surface area contributed by atoms with Gasteiger partial charge in [-0.2, -0.15) is 0 Å². The quantitative estimate of drug-likeness (QED) is 0.395. The predicted octanol–water partition coefficient (Wildman–Crippen LogP) is 5.17. The lowest BCUT2D eigenvalue weighted by Crippen LogP contribution is -2.20. The first-order chi connectivity index (χ1) is 14.7. The van der Waals surface area contributed by atoms with E-state index >= 15 is 0 Å². The van der Waals surface area contributed by atoms with E-state index in [4.69, 9.17) is 9.47 Å². The molecule has 154 valence electrons. The SMILES string of the molecule is CCOc1ccc(-c2csc3c(=O)n(CCc4ccccc4)cnc23)cc1OCC. The van der Waals surface area contributed by atoms with Crippen LogP contribution in [0, 0.1) is 0 Å². The number of rotatable bonds is 8. The standard InChI is InChI=1S/C24H24N2O3S/c1-3-28-20-11-10-18(14-21(20)29-4-2)19-15-30-23-22(19)25-16-26(24(23)27)13-12-17-8-6-5-7-9-17/h5-11,14-16H,3-4,12-13H2,1-2H3. The van der Waals surface area contributed by atoms with E-state index < -0.39 is 0 Å². The molecule has 0 aliphatic rings. The Hall–Kier alpha value is -3.12. The zero-order valence-electron chi connectivity index (χ0n) is 17.1. The zero-order chi connectivity index (χ0) is 20.9. The highest BCUT2D eigenvalue weighted by Crippen LogP contribution is 2.36. The Morgan fingerprint density at radius 3 is 2.53 bits per heavy atom. The fourth-order valence-corrected chi connectivity index (χ4v) is 4.39. The Balaban J connectivity index is 1.66. The fraction of sp³-hybridized carbons (Fsp3) is 0.250. The Kier molecular flexibility index (Phi) is 6.14. The molecule has 2 aromatic heterocycles. The molecule has 0 radical (unpaired) electrons. The average Bonchev–Trinajstić information content (AvgIpc) is 3.20. The summed E-state index contributed by atoms with van der Waals surface area (Å²) < 4.78 is 13.8. The maximum absolute atomic E-state index is 13.0. The van der Waals surface area contributed by atoms with Crippen molar-refractivity contribution < 1.29 is 9.47 Å². The van der Waals surface area contributed by atoms with Gasteiger partial charge in [-0.1, -0.05) is 36.4 Å². The molecule has 0 fully saturated rings. The number of thiophene rings is 1. The lowest BCUT2D eigenvalue weighted by Gasteiger charge is -2.12. The highest BCUT2D eigenvalue weighted by atomic mass is 32.1. The van der Waals surface area contributed by atoms with Gasteiger partial charge in [-0.3, -0.25) is 9.36 Å². The number of hydrogen-bond donors (Lipinski definition) is 0. The van der Waals surface area contributed by atoms with Crippen molar-refractivity contribution >= 4 is 21.6 Å². The molecule has 0 aliphatic carbocycles. The molecule has 0 bridgehead atoms. The van der Waals surface area contributed by atoms with E-state index in [0.29, 0.717) is 30.2 Å². The Morgan fingerprint density at radius 2 is 1.77 bits per heavy atom. The molecule has 0 atom stereocenters. The molecule has 30 heavy (non-hydrogen) atoms. The second-order valence-electron chi connectivity index (χ2n) is 6.83. The van der Waals surface area contributed by atoms with Crippen molar-refractivity contribution in [3.8, 4) is 22.6 Å². The van der Waals surface area contributed by atoms with Crippen molar-refractivity contribution in [3.63, 3.8) is 0 Å². The minimum Gasteiger partial charge on any atom is -0.490 e. The highest BCUT2D eigenvalue weighted by Gasteiger charge is 2.15. The lowest BCUT2D eigenvalue weighted by molar-refractivity contribution is 0.288. The molecule has 0 saturated carbocycles. The van der Waals surface area contributed by atoms with Gasteiger partial charge in [0.05, 0.1) is 25.1 Å². The number of aryl methyl sites for hydroxylation is 2. The summed E-state index contributed by atoms with van der Waals surface area (Å²) in [5.74, 6) is 1.42. The van der Waals surface area contributed by atoms with E-state index in [9.17, 15) is 4.79 Å². The summed E-state index contributed by atoms with van der Waals surface area (Å²) in [4.78, 5) is 17.6. The van der Waals surface area contributed by atoms with Gasteiger partial charge in [0, 0.05) is 17.5 Å². The topological polar surface area (TPSA) is 53.4 Å². The molecule has 6 heteroatoms. The molecular weight excluding hydrogens is 396 g/mol. The van der Waals surface area contributed by atoms with Crippen molar-refractivity contribution in [2.45, 2.75) is 26.8 Å². The van der Waals surface area contributed by atoms with Gasteiger partial charge in [0.1, 0.15) is 4.70 Å². The van der Waals surface area contributed by atoms with E-state index in [1.54, 1.807) is 10.9 Å². The van der Waals surface area contributed by atoms with Crippen LogP contribution in [0.4, 0.5) is 0 Å². The first-order valence-corrected chi connectivity index (χ1v) is 11.0. The summed E-state index contributed by atoms with van der Waals surface area (Å²) in [6.07, 6.45) is 2.45. The first kappa shape index (κ1) is 20.2. The number of aromatic nitrogens is 2. The average molecular weight is 421 g/mol. The maximum atomic E-state index is 13.0. The summed E-state index contributed by atoms with van der Waals surface area (Å²) in [7, 11) is 0. The zero-order valence-corrected chi connectivity index (χ0v) is 17.9. The summed E-state index contributed by atoms with van der Waals surface area (Å²) in [5, 5.41) is 1.99. The van der Waals surface area contributed by atoms with E-state index in [-0.39, 0.29) is 5.56 Å². The third-order valence-electron chi connectivity index (χ3n) is 4.88. The molecule has 4 aromatic rings. The van der Waals surface area contributed by atoms with Gasteiger partial charge in [0.15, 0.2) is 11.5 Å². The van der Waals surface area contributed by atoms with Crippen molar-refractivity contribution in [3.05, 3.63) is 76.2 Å².